The molecule has 0 saturated carbocycles. The van der Waals surface area contributed by atoms with E-state index in [2.05, 4.69) is 10.2 Å². The number of likely N-dealkylation sites (N-methyl/N-ethyl adjacent to an activating group) is 1. The van der Waals surface area contributed by atoms with Crippen LogP contribution in [0.25, 0.3) is 0 Å². The number of ether oxygens (including phenoxy) is 1. The maximum atomic E-state index is 12.3. The lowest BCUT2D eigenvalue weighted by atomic mass is 10.0. The van der Waals surface area contributed by atoms with Crippen LogP contribution in [0.5, 0.6) is 5.75 Å². The highest BCUT2D eigenvalue weighted by Gasteiger charge is 2.27. The Balaban J connectivity index is 1.74. The van der Waals surface area contributed by atoms with E-state index in [0.29, 0.717) is 23.7 Å². The highest BCUT2D eigenvalue weighted by Crippen LogP contribution is 2.36. The van der Waals surface area contributed by atoms with Gasteiger partial charge in [0.1, 0.15) is 10.8 Å². The summed E-state index contributed by atoms with van der Waals surface area (Å²) in [4.78, 5) is 27.2. The van der Waals surface area contributed by atoms with E-state index in [4.69, 9.17) is 4.74 Å². The zero-order valence-electron chi connectivity index (χ0n) is 15.1. The fourth-order valence-corrected chi connectivity index (χ4v) is 4.51. The highest BCUT2D eigenvalue weighted by atomic mass is 32.1. The van der Waals surface area contributed by atoms with Crippen molar-refractivity contribution in [3.8, 4) is 5.75 Å². The van der Waals surface area contributed by atoms with Gasteiger partial charge in [0, 0.05) is 18.0 Å². The third kappa shape index (κ3) is 3.73. The molecule has 0 fully saturated rings. The monoisotopic (exact) mass is 374 g/mol. The highest BCUT2D eigenvalue weighted by molar-refractivity contribution is 7.17. The number of thiophene rings is 1. The second-order valence-corrected chi connectivity index (χ2v) is 7.66. The summed E-state index contributed by atoms with van der Waals surface area (Å²) in [5.74, 6) is -0.673. The van der Waals surface area contributed by atoms with Crippen LogP contribution in [-0.2, 0) is 17.8 Å². The van der Waals surface area contributed by atoms with E-state index in [1.165, 1.54) is 11.3 Å². The first-order valence-electron chi connectivity index (χ1n) is 8.42. The SMILES string of the molecule is Cc1cccc(C)c1OCC(=O)Nc1sc2c(c1C(=O)O)CCN(C)C2. The van der Waals surface area contributed by atoms with Gasteiger partial charge in [-0.25, -0.2) is 4.79 Å². The van der Waals surface area contributed by atoms with Crippen molar-refractivity contribution in [1.29, 1.82) is 0 Å². The Labute approximate surface area is 156 Å². The maximum absolute atomic E-state index is 12.3. The molecule has 0 atom stereocenters. The molecule has 2 aromatic rings. The van der Waals surface area contributed by atoms with Crippen molar-refractivity contribution in [2.45, 2.75) is 26.8 Å². The Morgan fingerprint density at radius 3 is 2.65 bits per heavy atom. The largest absolute Gasteiger partial charge is 0.483 e. The van der Waals surface area contributed by atoms with Crippen LogP contribution in [-0.4, -0.2) is 42.1 Å². The average molecular weight is 374 g/mol. The van der Waals surface area contributed by atoms with Gasteiger partial charge in [0.25, 0.3) is 5.91 Å². The Bertz CT molecular complexity index is 839. The minimum absolute atomic E-state index is 0.160. The Kier molecular flexibility index (Phi) is 5.29. The van der Waals surface area contributed by atoms with E-state index in [9.17, 15) is 14.7 Å². The summed E-state index contributed by atoms with van der Waals surface area (Å²) < 4.78 is 5.66. The number of benzene rings is 1. The lowest BCUT2D eigenvalue weighted by Crippen LogP contribution is -2.26. The van der Waals surface area contributed by atoms with Crippen molar-refractivity contribution in [3.05, 3.63) is 45.3 Å². The first kappa shape index (κ1) is 18.4. The van der Waals surface area contributed by atoms with Gasteiger partial charge in [-0.15, -0.1) is 11.3 Å². The van der Waals surface area contributed by atoms with E-state index in [0.717, 1.165) is 28.1 Å². The molecule has 0 saturated heterocycles. The molecule has 2 heterocycles. The number of amides is 1. The third-order valence-corrected chi connectivity index (χ3v) is 5.60. The normalized spacial score (nSPS) is 14.0. The zero-order valence-corrected chi connectivity index (χ0v) is 15.9. The fourth-order valence-electron chi connectivity index (χ4n) is 3.17. The Hall–Kier alpha value is -2.38. The van der Waals surface area contributed by atoms with E-state index < -0.39 is 5.97 Å². The summed E-state index contributed by atoms with van der Waals surface area (Å²) >= 11 is 1.34. The van der Waals surface area contributed by atoms with Crippen LogP contribution in [0, 0.1) is 13.8 Å². The maximum Gasteiger partial charge on any atom is 0.339 e. The summed E-state index contributed by atoms with van der Waals surface area (Å²) in [6.07, 6.45) is 0.679. The van der Waals surface area contributed by atoms with E-state index in [1.54, 1.807) is 0 Å². The number of nitrogens with zero attached hydrogens (tertiary/aromatic N) is 1. The molecule has 1 aromatic carbocycles. The molecule has 0 bridgehead atoms. The number of fused-ring (bicyclic) bond motifs is 1. The summed E-state index contributed by atoms with van der Waals surface area (Å²) in [6, 6.07) is 5.78. The van der Waals surface area contributed by atoms with Crippen LogP contribution in [0.15, 0.2) is 18.2 Å². The first-order chi connectivity index (χ1) is 12.4. The second kappa shape index (κ2) is 7.47. The number of aromatic carboxylic acids is 1. The van der Waals surface area contributed by atoms with E-state index in [1.807, 2.05) is 39.1 Å². The molecule has 1 aliphatic heterocycles. The van der Waals surface area contributed by atoms with Gasteiger partial charge < -0.3 is 20.1 Å². The van der Waals surface area contributed by atoms with Gasteiger partial charge in [-0.1, -0.05) is 18.2 Å². The van der Waals surface area contributed by atoms with Crippen molar-refractivity contribution in [1.82, 2.24) is 4.90 Å². The molecule has 1 aromatic heterocycles. The topological polar surface area (TPSA) is 78.9 Å². The number of para-hydroxylation sites is 1. The summed E-state index contributed by atoms with van der Waals surface area (Å²) in [5.41, 5.74) is 2.97. The van der Waals surface area contributed by atoms with E-state index >= 15 is 0 Å². The smallest absolute Gasteiger partial charge is 0.339 e. The predicted molar refractivity (Wildman–Crippen MR) is 101 cm³/mol. The molecule has 1 amide bonds. The van der Waals surface area contributed by atoms with Crippen LogP contribution >= 0.6 is 11.3 Å². The molecule has 1 aliphatic rings. The van der Waals surface area contributed by atoms with Gasteiger partial charge in [-0.3, -0.25) is 4.79 Å². The van der Waals surface area contributed by atoms with Gasteiger partial charge >= 0.3 is 5.97 Å². The van der Waals surface area contributed by atoms with Gasteiger partial charge in [0.05, 0.1) is 5.56 Å². The van der Waals surface area contributed by atoms with Crippen LogP contribution in [0.3, 0.4) is 0 Å². The second-order valence-electron chi connectivity index (χ2n) is 6.56. The molecule has 0 unspecified atom stereocenters. The number of carboxylic acid groups (broad SMARTS) is 1. The molecule has 0 spiro atoms. The van der Waals surface area contributed by atoms with Crippen molar-refractivity contribution < 1.29 is 19.4 Å². The first-order valence-corrected chi connectivity index (χ1v) is 9.23. The standard InChI is InChI=1S/C19H22N2O4S/c1-11-5-4-6-12(2)17(11)25-10-15(22)20-18-16(19(23)24)13-7-8-21(3)9-14(13)26-18/h4-6H,7-10H2,1-3H3,(H,20,22)(H,23,24). The van der Waals surface area contributed by atoms with Crippen molar-refractivity contribution in [3.63, 3.8) is 0 Å². The molecule has 0 radical (unpaired) electrons. The predicted octanol–water partition coefficient (Wildman–Crippen LogP) is 3.07. The number of nitrogens with one attached hydrogen (secondary N) is 1. The number of carbonyl (C=O) groups excluding carboxylic acids is 1. The van der Waals surface area contributed by atoms with E-state index in [-0.39, 0.29) is 18.1 Å². The minimum atomic E-state index is -1.00. The van der Waals surface area contributed by atoms with Crippen LogP contribution in [0.4, 0.5) is 5.00 Å². The number of anilines is 1. The molecule has 138 valence electrons. The lowest BCUT2D eigenvalue weighted by molar-refractivity contribution is -0.118. The van der Waals surface area contributed by atoms with Crippen LogP contribution in [0.1, 0.15) is 31.9 Å². The minimum Gasteiger partial charge on any atom is -0.483 e. The molecular weight excluding hydrogens is 352 g/mol. The number of hydrogen-bond donors (Lipinski definition) is 2. The zero-order chi connectivity index (χ0) is 18.8. The quantitative estimate of drug-likeness (QED) is 0.841. The van der Waals surface area contributed by atoms with Crippen LogP contribution in [0.2, 0.25) is 0 Å². The number of aryl methyl sites for hydroxylation is 2. The number of carbonyl (C=O) groups is 2. The molecule has 26 heavy (non-hydrogen) atoms. The van der Waals surface area contributed by atoms with Gasteiger partial charge in [0.2, 0.25) is 0 Å². The molecule has 6 nitrogen and oxygen atoms in total. The fraction of sp³-hybridized carbons (Fsp3) is 0.368. The number of carboxylic acids is 1. The Morgan fingerprint density at radius 1 is 1.31 bits per heavy atom. The summed E-state index contributed by atoms with van der Waals surface area (Å²) in [6.45, 7) is 5.20. The summed E-state index contributed by atoms with van der Waals surface area (Å²) in [5, 5.41) is 12.7. The molecule has 7 heteroatoms. The Morgan fingerprint density at radius 2 is 2.00 bits per heavy atom. The number of rotatable bonds is 5. The van der Waals surface area contributed by atoms with Crippen molar-refractivity contribution >= 4 is 28.2 Å². The average Bonchev–Trinajstić information content (AvgIpc) is 2.91. The van der Waals surface area contributed by atoms with Gasteiger partial charge in [-0.05, 0) is 44.0 Å². The molecule has 3 rings (SSSR count). The van der Waals surface area contributed by atoms with Crippen LogP contribution < -0.4 is 10.1 Å². The van der Waals surface area contributed by atoms with Gasteiger partial charge in [-0.2, -0.15) is 0 Å². The molecule has 0 aliphatic carbocycles. The third-order valence-electron chi connectivity index (χ3n) is 4.47. The van der Waals surface area contributed by atoms with Crippen molar-refractivity contribution in [2.24, 2.45) is 0 Å². The lowest BCUT2D eigenvalue weighted by Gasteiger charge is -2.22. The van der Waals surface area contributed by atoms with Crippen molar-refractivity contribution in [2.75, 3.05) is 25.5 Å². The van der Waals surface area contributed by atoms with Gasteiger partial charge in [0.15, 0.2) is 6.61 Å². The molecule has 2 N–H and O–H groups in total. The summed E-state index contributed by atoms with van der Waals surface area (Å²) in [7, 11) is 2.00. The number of hydrogen-bond acceptors (Lipinski definition) is 5. The molecular formula is C19H22N2O4S.